The summed E-state index contributed by atoms with van der Waals surface area (Å²) in [5.41, 5.74) is 0. The van der Waals surface area contributed by atoms with Crippen LogP contribution >= 0.6 is 0 Å². The Kier molecular flexibility index (Phi) is 4.99. The molecule has 2 N–H and O–H groups in total. The van der Waals surface area contributed by atoms with Crippen molar-refractivity contribution >= 4 is 5.96 Å². The number of nitrogens with zero attached hydrogens (tertiary/aromatic N) is 2. The Morgan fingerprint density at radius 1 is 1.60 bits per heavy atom. The summed E-state index contributed by atoms with van der Waals surface area (Å²) in [6, 6.07) is 0.620. The summed E-state index contributed by atoms with van der Waals surface area (Å²) in [5.74, 6) is 3.31. The van der Waals surface area contributed by atoms with Gasteiger partial charge in [-0.05, 0) is 26.4 Å². The van der Waals surface area contributed by atoms with E-state index >= 15 is 0 Å². The first-order valence-corrected chi connectivity index (χ1v) is 5.36. The van der Waals surface area contributed by atoms with Gasteiger partial charge in [-0.1, -0.05) is 5.92 Å². The molecule has 1 heterocycles. The molecule has 0 aromatic carbocycles. The van der Waals surface area contributed by atoms with E-state index in [-0.39, 0.29) is 0 Å². The summed E-state index contributed by atoms with van der Waals surface area (Å²) in [4.78, 5) is 6.47. The van der Waals surface area contributed by atoms with Gasteiger partial charge in [-0.2, -0.15) is 0 Å². The van der Waals surface area contributed by atoms with Crippen LogP contribution in [-0.2, 0) is 0 Å². The van der Waals surface area contributed by atoms with Crippen molar-refractivity contribution in [3.63, 3.8) is 0 Å². The molecule has 0 aromatic rings. The Bertz CT molecular complexity index is 254. The maximum Gasteiger partial charge on any atom is 0.191 e. The SMILES string of the molecule is C#CCNC(=NC)NCC1CCCN1C. The van der Waals surface area contributed by atoms with Gasteiger partial charge in [0.2, 0.25) is 0 Å². The van der Waals surface area contributed by atoms with Crippen LogP contribution in [0.2, 0.25) is 0 Å². The van der Waals surface area contributed by atoms with Gasteiger partial charge in [0.25, 0.3) is 0 Å². The molecule has 1 rings (SSSR count). The quantitative estimate of drug-likeness (QED) is 0.386. The van der Waals surface area contributed by atoms with Gasteiger partial charge in [-0.25, -0.2) is 0 Å². The highest BCUT2D eigenvalue weighted by Crippen LogP contribution is 2.13. The molecule has 1 atom stereocenters. The number of hydrogen-bond donors (Lipinski definition) is 2. The second-order valence-electron chi connectivity index (χ2n) is 3.79. The van der Waals surface area contributed by atoms with Gasteiger partial charge in [0.1, 0.15) is 0 Å². The van der Waals surface area contributed by atoms with Crippen LogP contribution in [0, 0.1) is 12.3 Å². The van der Waals surface area contributed by atoms with Crippen molar-refractivity contribution in [2.24, 2.45) is 4.99 Å². The number of rotatable bonds is 3. The zero-order valence-corrected chi connectivity index (χ0v) is 9.58. The molecule has 0 radical (unpaired) electrons. The van der Waals surface area contributed by atoms with Gasteiger partial charge >= 0.3 is 0 Å². The van der Waals surface area contributed by atoms with Crippen LogP contribution in [0.1, 0.15) is 12.8 Å². The van der Waals surface area contributed by atoms with Gasteiger partial charge in [-0.15, -0.1) is 6.42 Å². The van der Waals surface area contributed by atoms with Crippen molar-refractivity contribution in [3.8, 4) is 12.3 Å². The second-order valence-corrected chi connectivity index (χ2v) is 3.79. The third-order valence-corrected chi connectivity index (χ3v) is 2.76. The summed E-state index contributed by atoms with van der Waals surface area (Å²) in [6.07, 6.45) is 7.72. The fourth-order valence-corrected chi connectivity index (χ4v) is 1.81. The number of likely N-dealkylation sites (N-methyl/N-ethyl adjacent to an activating group) is 1. The average Bonchev–Trinajstić information content (AvgIpc) is 2.65. The van der Waals surface area contributed by atoms with Crippen LogP contribution in [-0.4, -0.2) is 50.6 Å². The van der Waals surface area contributed by atoms with E-state index in [4.69, 9.17) is 6.42 Å². The first-order valence-electron chi connectivity index (χ1n) is 5.36. The minimum absolute atomic E-state index is 0.514. The predicted molar refractivity (Wildman–Crippen MR) is 63.8 cm³/mol. The van der Waals surface area contributed by atoms with Crippen LogP contribution in [0.25, 0.3) is 0 Å². The molecule has 4 heteroatoms. The lowest BCUT2D eigenvalue weighted by Gasteiger charge is -2.20. The molecular weight excluding hydrogens is 188 g/mol. The monoisotopic (exact) mass is 208 g/mol. The number of hydrogen-bond acceptors (Lipinski definition) is 2. The lowest BCUT2D eigenvalue weighted by Crippen LogP contribution is -2.44. The molecule has 0 bridgehead atoms. The van der Waals surface area contributed by atoms with Gasteiger partial charge in [0.05, 0.1) is 6.54 Å². The molecule has 0 aliphatic carbocycles. The summed E-state index contributed by atoms with van der Waals surface area (Å²) in [5, 5.41) is 6.32. The largest absolute Gasteiger partial charge is 0.355 e. The molecule has 0 spiro atoms. The highest BCUT2D eigenvalue weighted by Gasteiger charge is 2.20. The van der Waals surface area contributed by atoms with Gasteiger partial charge < -0.3 is 15.5 Å². The molecule has 1 unspecified atom stereocenters. The standard InChI is InChI=1S/C11H20N4/c1-4-7-13-11(12-2)14-9-10-6-5-8-15(10)3/h1,10H,5-9H2,2-3H3,(H2,12,13,14). The minimum atomic E-state index is 0.514. The van der Waals surface area contributed by atoms with E-state index in [1.165, 1.54) is 19.4 Å². The lowest BCUT2D eigenvalue weighted by molar-refractivity contribution is 0.309. The Morgan fingerprint density at radius 2 is 2.40 bits per heavy atom. The maximum atomic E-state index is 5.17. The van der Waals surface area contributed by atoms with Crippen LogP contribution in [0.4, 0.5) is 0 Å². The Hall–Kier alpha value is -1.21. The van der Waals surface area contributed by atoms with Crippen LogP contribution < -0.4 is 10.6 Å². The molecule has 0 aromatic heterocycles. The van der Waals surface area contributed by atoms with E-state index in [0.717, 1.165) is 12.5 Å². The average molecular weight is 208 g/mol. The second kappa shape index (κ2) is 6.31. The lowest BCUT2D eigenvalue weighted by atomic mass is 10.2. The molecule has 1 saturated heterocycles. The maximum absolute atomic E-state index is 5.17. The fourth-order valence-electron chi connectivity index (χ4n) is 1.81. The molecule has 1 aliphatic heterocycles. The van der Waals surface area contributed by atoms with Gasteiger partial charge in [0.15, 0.2) is 5.96 Å². The molecule has 4 nitrogen and oxygen atoms in total. The third kappa shape index (κ3) is 3.80. The predicted octanol–water partition coefficient (Wildman–Crippen LogP) is -0.121. The number of aliphatic imine (C=N–C) groups is 1. The smallest absolute Gasteiger partial charge is 0.191 e. The first-order chi connectivity index (χ1) is 7.27. The zero-order valence-electron chi connectivity index (χ0n) is 9.58. The molecule has 84 valence electrons. The molecule has 15 heavy (non-hydrogen) atoms. The van der Waals surface area contributed by atoms with E-state index in [2.05, 4.69) is 33.5 Å². The highest BCUT2D eigenvalue weighted by molar-refractivity contribution is 5.79. The zero-order chi connectivity index (χ0) is 11.1. The van der Waals surface area contributed by atoms with E-state index in [1.54, 1.807) is 7.05 Å². The van der Waals surface area contributed by atoms with Crippen LogP contribution in [0.3, 0.4) is 0 Å². The van der Waals surface area contributed by atoms with Crippen molar-refractivity contribution in [2.45, 2.75) is 18.9 Å². The number of guanidine groups is 1. The summed E-state index contributed by atoms with van der Waals surface area (Å²) < 4.78 is 0. The van der Waals surface area contributed by atoms with E-state index < -0.39 is 0 Å². The minimum Gasteiger partial charge on any atom is -0.355 e. The Labute approximate surface area is 92.1 Å². The van der Waals surface area contributed by atoms with Crippen molar-refractivity contribution < 1.29 is 0 Å². The van der Waals surface area contributed by atoms with E-state index in [0.29, 0.717) is 12.6 Å². The molecule has 0 saturated carbocycles. The molecule has 1 fully saturated rings. The first kappa shape index (κ1) is 11.9. The fraction of sp³-hybridized carbons (Fsp3) is 0.727. The molecular formula is C11H20N4. The van der Waals surface area contributed by atoms with Crippen LogP contribution in [0.5, 0.6) is 0 Å². The molecule has 0 amide bonds. The topological polar surface area (TPSA) is 39.7 Å². The van der Waals surface area contributed by atoms with Crippen molar-refractivity contribution in [2.75, 3.05) is 33.7 Å². The van der Waals surface area contributed by atoms with Gasteiger partial charge in [-0.3, -0.25) is 4.99 Å². The van der Waals surface area contributed by atoms with E-state index in [9.17, 15) is 0 Å². The van der Waals surface area contributed by atoms with Crippen LogP contribution in [0.15, 0.2) is 4.99 Å². The summed E-state index contributed by atoms with van der Waals surface area (Å²) in [7, 11) is 3.92. The Balaban J connectivity index is 2.25. The van der Waals surface area contributed by atoms with Crippen molar-refractivity contribution in [1.29, 1.82) is 0 Å². The van der Waals surface area contributed by atoms with Crippen molar-refractivity contribution in [3.05, 3.63) is 0 Å². The number of terminal acetylenes is 1. The summed E-state index contributed by atoms with van der Waals surface area (Å²) in [6.45, 7) is 2.64. The molecule has 1 aliphatic rings. The summed E-state index contributed by atoms with van der Waals surface area (Å²) >= 11 is 0. The van der Waals surface area contributed by atoms with Crippen molar-refractivity contribution in [1.82, 2.24) is 15.5 Å². The number of nitrogens with one attached hydrogen (secondary N) is 2. The van der Waals surface area contributed by atoms with Gasteiger partial charge in [0, 0.05) is 19.6 Å². The highest BCUT2D eigenvalue weighted by atomic mass is 15.2. The Morgan fingerprint density at radius 3 is 2.93 bits per heavy atom. The number of likely N-dealkylation sites (tertiary alicyclic amines) is 1. The van der Waals surface area contributed by atoms with E-state index in [1.807, 2.05) is 0 Å². The third-order valence-electron chi connectivity index (χ3n) is 2.76. The normalized spacial score (nSPS) is 22.5.